The number of benzene rings is 2. The predicted molar refractivity (Wildman–Crippen MR) is 94.6 cm³/mol. The molecule has 0 amide bonds. The second-order valence-electron chi connectivity index (χ2n) is 7.33. The molecule has 0 N–H and O–H groups in total. The molecule has 2 aromatic carbocycles. The summed E-state index contributed by atoms with van der Waals surface area (Å²) in [7, 11) is 0. The van der Waals surface area contributed by atoms with Crippen molar-refractivity contribution in [2.24, 2.45) is 5.92 Å². The molecule has 0 spiro atoms. The largest absolute Gasteiger partial charge is 0.207 e. The minimum atomic E-state index is -0.123. The maximum absolute atomic E-state index is 14.0. The molecule has 0 radical (unpaired) electrons. The Bertz CT molecular complexity index is 737. The van der Waals surface area contributed by atoms with Crippen molar-refractivity contribution in [3.63, 3.8) is 0 Å². The Morgan fingerprint density at radius 2 is 1.83 bits per heavy atom. The van der Waals surface area contributed by atoms with Crippen molar-refractivity contribution in [2.75, 3.05) is 0 Å². The van der Waals surface area contributed by atoms with Crippen molar-refractivity contribution < 1.29 is 4.39 Å². The third kappa shape index (κ3) is 2.80. The van der Waals surface area contributed by atoms with Crippen LogP contribution in [0.1, 0.15) is 62.0 Å². The molecule has 1 fully saturated rings. The first-order chi connectivity index (χ1) is 11.1. The van der Waals surface area contributed by atoms with Gasteiger partial charge < -0.3 is 0 Å². The van der Waals surface area contributed by atoms with Gasteiger partial charge in [0.15, 0.2) is 0 Å². The van der Waals surface area contributed by atoms with Crippen LogP contribution in [0.15, 0.2) is 36.4 Å². The quantitative estimate of drug-likeness (QED) is 0.492. The molecule has 0 heterocycles. The molecule has 4 rings (SSSR count). The average Bonchev–Trinajstić information content (AvgIpc) is 2.56. The Morgan fingerprint density at radius 1 is 0.957 bits per heavy atom. The third-order valence-corrected chi connectivity index (χ3v) is 5.99. The highest BCUT2D eigenvalue weighted by Gasteiger charge is 2.30. The first-order valence-corrected chi connectivity index (χ1v) is 9.09. The number of rotatable bonds is 0. The summed E-state index contributed by atoms with van der Waals surface area (Å²) in [5.41, 5.74) is 4.93. The van der Waals surface area contributed by atoms with Gasteiger partial charge >= 0.3 is 0 Å². The second-order valence-corrected chi connectivity index (χ2v) is 7.77. The molecule has 0 saturated heterocycles. The van der Waals surface area contributed by atoms with Gasteiger partial charge in [-0.25, -0.2) is 4.39 Å². The summed E-state index contributed by atoms with van der Waals surface area (Å²) >= 11 is 6.29. The van der Waals surface area contributed by atoms with Crippen LogP contribution >= 0.6 is 11.6 Å². The lowest BCUT2D eigenvalue weighted by Gasteiger charge is -2.30. The van der Waals surface area contributed by atoms with Gasteiger partial charge in [-0.3, -0.25) is 0 Å². The molecule has 1 saturated carbocycles. The van der Waals surface area contributed by atoms with Crippen LogP contribution in [0.25, 0.3) is 11.1 Å². The lowest BCUT2D eigenvalue weighted by Crippen LogP contribution is -2.15. The van der Waals surface area contributed by atoms with E-state index in [2.05, 4.69) is 19.1 Å². The van der Waals surface area contributed by atoms with E-state index < -0.39 is 0 Å². The maximum Gasteiger partial charge on any atom is 0.123 e. The number of hydrogen-bond donors (Lipinski definition) is 0. The Kier molecular flexibility index (Phi) is 3.93. The summed E-state index contributed by atoms with van der Waals surface area (Å²) in [5, 5.41) is 0.758. The Balaban J connectivity index is 1.97. The molecule has 0 aliphatic heterocycles. The minimum absolute atomic E-state index is 0.123. The molecule has 1 unspecified atom stereocenters. The van der Waals surface area contributed by atoms with Crippen LogP contribution in [0.4, 0.5) is 4.39 Å². The Hall–Kier alpha value is -1.34. The second kappa shape index (κ2) is 5.94. The van der Waals surface area contributed by atoms with Gasteiger partial charge in [-0.2, -0.15) is 0 Å². The van der Waals surface area contributed by atoms with Crippen molar-refractivity contribution >= 4 is 11.6 Å². The third-order valence-electron chi connectivity index (χ3n) is 5.76. The molecule has 2 heteroatoms. The molecule has 2 bridgehead atoms. The zero-order valence-corrected chi connectivity index (χ0v) is 14.2. The van der Waals surface area contributed by atoms with Crippen LogP contribution in [0, 0.1) is 11.7 Å². The topological polar surface area (TPSA) is 0 Å². The zero-order chi connectivity index (χ0) is 16.0. The summed E-state index contributed by atoms with van der Waals surface area (Å²) in [4.78, 5) is 0. The highest BCUT2D eigenvalue weighted by molar-refractivity contribution is 6.30. The van der Waals surface area contributed by atoms with Crippen LogP contribution in [-0.2, 0) is 0 Å². The van der Waals surface area contributed by atoms with Gasteiger partial charge in [-0.1, -0.05) is 43.5 Å². The first kappa shape index (κ1) is 15.2. The van der Waals surface area contributed by atoms with E-state index in [1.807, 2.05) is 12.1 Å². The standard InChI is InChI=1S/C21H22ClF/c1-13-9-14-3-2-4-15(10-14)20-12-17(23)6-8-19(20)21-11-16(22)5-7-18(13)21/h5-8,11-15H,2-4,9-10H2,1H3/t13-,14-,15?/m1/s1. The van der Waals surface area contributed by atoms with Crippen molar-refractivity contribution in [3.05, 3.63) is 58.4 Å². The van der Waals surface area contributed by atoms with Crippen LogP contribution in [0.3, 0.4) is 0 Å². The monoisotopic (exact) mass is 328 g/mol. The molecular weight excluding hydrogens is 307 g/mol. The maximum atomic E-state index is 14.0. The average molecular weight is 329 g/mol. The van der Waals surface area contributed by atoms with E-state index in [4.69, 9.17) is 11.6 Å². The molecule has 2 aliphatic rings. The first-order valence-electron chi connectivity index (χ1n) is 8.71. The smallest absolute Gasteiger partial charge is 0.123 e. The molecule has 2 aliphatic carbocycles. The van der Waals surface area contributed by atoms with Crippen molar-refractivity contribution in [2.45, 2.75) is 50.9 Å². The summed E-state index contributed by atoms with van der Waals surface area (Å²) in [6, 6.07) is 11.5. The van der Waals surface area contributed by atoms with Crippen molar-refractivity contribution in [3.8, 4) is 11.1 Å². The van der Waals surface area contributed by atoms with Gasteiger partial charge in [0.25, 0.3) is 0 Å². The van der Waals surface area contributed by atoms with Crippen molar-refractivity contribution in [1.29, 1.82) is 0 Å². The van der Waals surface area contributed by atoms with Crippen LogP contribution in [0.2, 0.25) is 5.02 Å². The normalized spacial score (nSPS) is 26.5. The Labute approximate surface area is 142 Å². The van der Waals surface area contributed by atoms with E-state index in [-0.39, 0.29) is 5.82 Å². The highest BCUT2D eigenvalue weighted by atomic mass is 35.5. The molecule has 2 aromatic rings. The van der Waals surface area contributed by atoms with Crippen LogP contribution in [-0.4, -0.2) is 0 Å². The van der Waals surface area contributed by atoms with Gasteiger partial charge in [-0.15, -0.1) is 0 Å². The lowest BCUT2D eigenvalue weighted by molar-refractivity contribution is 0.294. The molecule has 0 nitrogen and oxygen atoms in total. The Morgan fingerprint density at radius 3 is 2.70 bits per heavy atom. The van der Waals surface area contributed by atoms with Gasteiger partial charge in [0.05, 0.1) is 0 Å². The summed E-state index contributed by atoms with van der Waals surface area (Å²) in [5.74, 6) is 1.63. The van der Waals surface area contributed by atoms with Crippen LogP contribution in [0.5, 0.6) is 0 Å². The molecule has 0 aromatic heterocycles. The van der Waals surface area contributed by atoms with Gasteiger partial charge in [0, 0.05) is 5.02 Å². The number of hydrogen-bond acceptors (Lipinski definition) is 0. The highest BCUT2D eigenvalue weighted by Crippen LogP contribution is 2.47. The van der Waals surface area contributed by atoms with E-state index >= 15 is 0 Å². The molecular formula is C21H22ClF. The fourth-order valence-corrected chi connectivity index (χ4v) is 4.89. The number of fused-ring (bicyclic) bond motifs is 6. The SMILES string of the molecule is C[C@@H]1C[C@H]2CCCC(C2)c2cc(F)ccc2-c2cc(Cl)ccc21. The van der Waals surface area contributed by atoms with E-state index in [0.29, 0.717) is 11.8 Å². The molecule has 23 heavy (non-hydrogen) atoms. The molecule has 120 valence electrons. The van der Waals surface area contributed by atoms with E-state index in [1.54, 1.807) is 12.1 Å². The van der Waals surface area contributed by atoms with Crippen LogP contribution < -0.4 is 0 Å². The van der Waals surface area contributed by atoms with E-state index in [1.165, 1.54) is 54.4 Å². The zero-order valence-electron chi connectivity index (χ0n) is 13.5. The summed E-state index contributed by atoms with van der Waals surface area (Å²) in [6.07, 6.45) is 6.17. The van der Waals surface area contributed by atoms with Crippen molar-refractivity contribution in [1.82, 2.24) is 0 Å². The summed E-state index contributed by atoms with van der Waals surface area (Å²) in [6.45, 7) is 2.32. The fourth-order valence-electron chi connectivity index (χ4n) is 4.72. The van der Waals surface area contributed by atoms with E-state index in [0.717, 1.165) is 10.9 Å². The lowest BCUT2D eigenvalue weighted by atomic mass is 9.75. The van der Waals surface area contributed by atoms with Gasteiger partial charge in [0.2, 0.25) is 0 Å². The molecule has 3 atom stereocenters. The summed E-state index contributed by atoms with van der Waals surface area (Å²) < 4.78 is 14.0. The minimum Gasteiger partial charge on any atom is -0.207 e. The predicted octanol–water partition coefficient (Wildman–Crippen LogP) is 6.93. The van der Waals surface area contributed by atoms with Gasteiger partial charge in [0.1, 0.15) is 5.82 Å². The number of halogens is 2. The van der Waals surface area contributed by atoms with Gasteiger partial charge in [-0.05, 0) is 83.5 Å². The van der Waals surface area contributed by atoms with E-state index in [9.17, 15) is 4.39 Å². The fraction of sp³-hybridized carbons (Fsp3) is 0.429.